The van der Waals surface area contributed by atoms with E-state index in [1.807, 2.05) is 24.3 Å². The molecule has 0 aliphatic heterocycles. The Balaban J connectivity index is 1.28. The number of nitrogens with one attached hydrogen (secondary N) is 1. The average molecular weight is 417 g/mol. The molecular formula is C26H24FNO3. The maximum atomic E-state index is 13.8. The summed E-state index contributed by atoms with van der Waals surface area (Å²) in [5.74, 6) is -0.322. The SMILES string of the molecule is O=C(NCCC=Cc1cc(CO)ccc1F)OCC1c2ccccc2-c2ccccc21. The number of carbonyl (C=O) groups is 1. The molecule has 0 unspecified atom stereocenters. The second-order valence-corrected chi connectivity index (χ2v) is 7.46. The fourth-order valence-electron chi connectivity index (χ4n) is 3.94. The monoisotopic (exact) mass is 417 g/mol. The van der Waals surface area contributed by atoms with Gasteiger partial charge in [0.1, 0.15) is 12.4 Å². The number of amides is 1. The van der Waals surface area contributed by atoms with Crippen LogP contribution in [-0.4, -0.2) is 24.4 Å². The minimum absolute atomic E-state index is 0.0276. The van der Waals surface area contributed by atoms with Crippen LogP contribution in [0, 0.1) is 5.82 Å². The van der Waals surface area contributed by atoms with Gasteiger partial charge in [0, 0.05) is 18.0 Å². The number of hydrogen-bond donors (Lipinski definition) is 2. The standard InChI is InChI=1S/C26H24FNO3/c27-25-13-12-18(16-29)15-19(25)7-5-6-14-28-26(30)31-17-24-22-10-3-1-8-20(22)21-9-2-4-11-23(21)24/h1-5,7-13,15,24,29H,6,14,16-17H2,(H,28,30). The van der Waals surface area contributed by atoms with Crippen molar-refractivity contribution >= 4 is 12.2 Å². The zero-order valence-corrected chi connectivity index (χ0v) is 17.1. The van der Waals surface area contributed by atoms with Gasteiger partial charge in [-0.05, 0) is 46.4 Å². The molecule has 0 aromatic heterocycles. The molecule has 1 amide bonds. The Hall–Kier alpha value is -3.44. The summed E-state index contributed by atoms with van der Waals surface area (Å²) in [6.45, 7) is 0.522. The van der Waals surface area contributed by atoms with E-state index in [-0.39, 0.29) is 24.9 Å². The molecule has 0 saturated heterocycles. The van der Waals surface area contributed by atoms with E-state index < -0.39 is 6.09 Å². The van der Waals surface area contributed by atoms with E-state index in [2.05, 4.69) is 29.6 Å². The van der Waals surface area contributed by atoms with E-state index in [1.165, 1.54) is 28.3 Å². The highest BCUT2D eigenvalue weighted by Crippen LogP contribution is 2.44. The lowest BCUT2D eigenvalue weighted by molar-refractivity contribution is 0.143. The van der Waals surface area contributed by atoms with Crippen LogP contribution in [0.15, 0.2) is 72.8 Å². The topological polar surface area (TPSA) is 58.6 Å². The molecule has 1 aliphatic carbocycles. The molecule has 0 heterocycles. The van der Waals surface area contributed by atoms with E-state index >= 15 is 0 Å². The van der Waals surface area contributed by atoms with Crippen LogP contribution in [0.25, 0.3) is 17.2 Å². The fourth-order valence-corrected chi connectivity index (χ4v) is 3.94. The first-order valence-electron chi connectivity index (χ1n) is 10.3. The summed E-state index contributed by atoms with van der Waals surface area (Å²) in [6, 6.07) is 20.9. The zero-order valence-electron chi connectivity index (χ0n) is 17.1. The Kier molecular flexibility index (Phi) is 6.43. The summed E-state index contributed by atoms with van der Waals surface area (Å²) >= 11 is 0. The largest absolute Gasteiger partial charge is 0.449 e. The molecule has 4 rings (SSSR count). The average Bonchev–Trinajstić information content (AvgIpc) is 3.12. The molecule has 0 spiro atoms. The van der Waals surface area contributed by atoms with Gasteiger partial charge in [0.25, 0.3) is 0 Å². The third-order valence-corrected chi connectivity index (χ3v) is 5.46. The van der Waals surface area contributed by atoms with E-state index in [0.29, 0.717) is 24.1 Å². The van der Waals surface area contributed by atoms with Crippen molar-refractivity contribution in [3.05, 3.63) is 101 Å². The van der Waals surface area contributed by atoms with Crippen LogP contribution >= 0.6 is 0 Å². The molecule has 31 heavy (non-hydrogen) atoms. The molecule has 1 aliphatic rings. The summed E-state index contributed by atoms with van der Waals surface area (Å²) in [6.07, 6.45) is 3.49. The van der Waals surface area contributed by atoms with E-state index in [0.717, 1.165) is 0 Å². The number of fused-ring (bicyclic) bond motifs is 3. The van der Waals surface area contributed by atoms with Crippen LogP contribution in [0.2, 0.25) is 0 Å². The van der Waals surface area contributed by atoms with E-state index in [9.17, 15) is 9.18 Å². The summed E-state index contributed by atoms with van der Waals surface area (Å²) < 4.78 is 19.3. The minimum Gasteiger partial charge on any atom is -0.449 e. The Morgan fingerprint density at radius 1 is 1.03 bits per heavy atom. The van der Waals surface area contributed by atoms with Crippen LogP contribution in [0.1, 0.15) is 34.6 Å². The van der Waals surface area contributed by atoms with Crippen LogP contribution in [-0.2, 0) is 11.3 Å². The van der Waals surface area contributed by atoms with E-state index in [1.54, 1.807) is 24.3 Å². The lowest BCUT2D eigenvalue weighted by atomic mass is 9.98. The molecule has 4 nitrogen and oxygen atoms in total. The van der Waals surface area contributed by atoms with Gasteiger partial charge in [-0.1, -0.05) is 66.7 Å². The van der Waals surface area contributed by atoms with Crippen molar-refractivity contribution < 1.29 is 19.0 Å². The second kappa shape index (κ2) is 9.58. The Bertz CT molecular complexity index is 1060. The van der Waals surface area contributed by atoms with E-state index in [4.69, 9.17) is 9.84 Å². The summed E-state index contributed by atoms with van der Waals surface area (Å²) in [4.78, 5) is 12.1. The Morgan fingerprint density at radius 2 is 1.71 bits per heavy atom. The second-order valence-electron chi connectivity index (χ2n) is 7.46. The highest BCUT2D eigenvalue weighted by atomic mass is 19.1. The van der Waals surface area contributed by atoms with Gasteiger partial charge < -0.3 is 15.2 Å². The summed E-state index contributed by atoms with van der Waals surface area (Å²) in [5, 5.41) is 11.9. The van der Waals surface area contributed by atoms with Gasteiger partial charge in [-0.2, -0.15) is 0 Å². The number of hydrogen-bond acceptors (Lipinski definition) is 3. The van der Waals surface area contributed by atoms with Crippen LogP contribution in [0.5, 0.6) is 0 Å². The van der Waals surface area contributed by atoms with Crippen molar-refractivity contribution in [1.29, 1.82) is 0 Å². The molecule has 0 saturated carbocycles. The quantitative estimate of drug-likeness (QED) is 0.516. The van der Waals surface area contributed by atoms with Crippen molar-refractivity contribution in [2.75, 3.05) is 13.2 Å². The summed E-state index contributed by atoms with van der Waals surface area (Å²) in [5.41, 5.74) is 5.79. The van der Waals surface area contributed by atoms with Gasteiger partial charge in [0.15, 0.2) is 0 Å². The molecule has 2 N–H and O–H groups in total. The zero-order chi connectivity index (χ0) is 21.6. The van der Waals surface area contributed by atoms with Gasteiger partial charge in [0.2, 0.25) is 0 Å². The van der Waals surface area contributed by atoms with Crippen molar-refractivity contribution in [2.45, 2.75) is 18.9 Å². The molecule has 5 heteroatoms. The van der Waals surface area contributed by atoms with Crippen LogP contribution in [0.3, 0.4) is 0 Å². The van der Waals surface area contributed by atoms with Crippen molar-refractivity contribution in [3.8, 4) is 11.1 Å². The number of halogens is 1. The third-order valence-electron chi connectivity index (χ3n) is 5.46. The number of aliphatic hydroxyl groups is 1. The Morgan fingerprint density at radius 3 is 2.39 bits per heavy atom. The predicted octanol–water partition coefficient (Wildman–Crippen LogP) is 5.26. The van der Waals surface area contributed by atoms with Crippen molar-refractivity contribution in [1.82, 2.24) is 5.32 Å². The number of rotatable bonds is 7. The Labute approximate surface area is 181 Å². The fraction of sp³-hybridized carbons (Fsp3) is 0.192. The minimum atomic E-state index is -0.469. The maximum absolute atomic E-state index is 13.8. The molecule has 0 radical (unpaired) electrons. The normalized spacial score (nSPS) is 12.6. The smallest absolute Gasteiger partial charge is 0.407 e. The van der Waals surface area contributed by atoms with Gasteiger partial charge in [-0.25, -0.2) is 9.18 Å². The van der Waals surface area contributed by atoms with Gasteiger partial charge in [-0.15, -0.1) is 0 Å². The lowest BCUT2D eigenvalue weighted by Crippen LogP contribution is -2.26. The number of ether oxygens (including phenoxy) is 1. The first-order chi connectivity index (χ1) is 15.2. The molecule has 3 aromatic carbocycles. The maximum Gasteiger partial charge on any atom is 0.407 e. The van der Waals surface area contributed by atoms with Crippen LogP contribution in [0.4, 0.5) is 9.18 Å². The number of aliphatic hydroxyl groups excluding tert-OH is 1. The lowest BCUT2D eigenvalue weighted by Gasteiger charge is -2.14. The predicted molar refractivity (Wildman–Crippen MR) is 119 cm³/mol. The molecule has 0 bridgehead atoms. The highest BCUT2D eigenvalue weighted by Gasteiger charge is 2.28. The van der Waals surface area contributed by atoms with Gasteiger partial charge in [0.05, 0.1) is 6.61 Å². The molecular weight excluding hydrogens is 393 g/mol. The molecule has 0 fully saturated rings. The van der Waals surface area contributed by atoms with Crippen molar-refractivity contribution in [3.63, 3.8) is 0 Å². The summed E-state index contributed by atoms with van der Waals surface area (Å²) in [7, 11) is 0. The van der Waals surface area contributed by atoms with Gasteiger partial charge in [-0.3, -0.25) is 0 Å². The molecule has 158 valence electrons. The molecule has 3 aromatic rings. The number of alkyl carbamates (subject to hydrolysis) is 1. The van der Waals surface area contributed by atoms with Gasteiger partial charge >= 0.3 is 6.09 Å². The molecule has 0 atom stereocenters. The highest BCUT2D eigenvalue weighted by molar-refractivity contribution is 5.79. The van der Waals surface area contributed by atoms with Crippen molar-refractivity contribution in [2.24, 2.45) is 0 Å². The number of benzene rings is 3. The first-order valence-corrected chi connectivity index (χ1v) is 10.3. The van der Waals surface area contributed by atoms with Crippen LogP contribution < -0.4 is 5.32 Å². The number of carbonyl (C=O) groups excluding carboxylic acids is 1. The third kappa shape index (κ3) is 4.67. The first kappa shape index (κ1) is 20.8.